The standard InChI is InChI=1S/C23H22Cl2N2O4S/c1-3-21(31-22-7-5-4-6-15(22)2)23(28)26-18-8-10-20(11-9-18)32(29,30)27-19-13-16(24)12-17(25)14-19/h4-14,21,27H,3H2,1-2H3,(H,26,28). The molecule has 6 nitrogen and oxygen atoms in total. The first-order valence-corrected chi connectivity index (χ1v) is 12.0. The van der Waals surface area contributed by atoms with Crippen LogP contribution in [-0.4, -0.2) is 20.4 Å². The van der Waals surface area contributed by atoms with E-state index in [-0.39, 0.29) is 16.5 Å². The number of nitrogens with one attached hydrogen (secondary N) is 2. The van der Waals surface area contributed by atoms with Gasteiger partial charge in [0.1, 0.15) is 5.75 Å². The number of carbonyl (C=O) groups is 1. The first-order valence-electron chi connectivity index (χ1n) is 9.80. The number of rotatable bonds is 8. The number of hydrogen-bond acceptors (Lipinski definition) is 4. The van der Waals surface area contributed by atoms with Crippen molar-refractivity contribution < 1.29 is 17.9 Å². The summed E-state index contributed by atoms with van der Waals surface area (Å²) in [6, 6.07) is 17.7. The molecule has 3 aromatic rings. The largest absolute Gasteiger partial charge is 0.480 e. The third-order valence-electron chi connectivity index (χ3n) is 4.57. The average Bonchev–Trinajstić information content (AvgIpc) is 2.72. The van der Waals surface area contributed by atoms with Crippen LogP contribution in [0, 0.1) is 6.92 Å². The summed E-state index contributed by atoms with van der Waals surface area (Å²) in [6.45, 7) is 3.76. The van der Waals surface area contributed by atoms with E-state index in [0.29, 0.717) is 27.9 Å². The number of anilines is 2. The van der Waals surface area contributed by atoms with E-state index >= 15 is 0 Å². The first kappa shape index (κ1) is 23.9. The van der Waals surface area contributed by atoms with Gasteiger partial charge in [-0.15, -0.1) is 0 Å². The molecule has 0 aliphatic heterocycles. The van der Waals surface area contributed by atoms with Crippen LogP contribution in [0.5, 0.6) is 5.75 Å². The number of ether oxygens (including phenoxy) is 1. The number of sulfonamides is 1. The summed E-state index contributed by atoms with van der Waals surface area (Å²) in [5, 5.41) is 3.39. The number of carbonyl (C=O) groups excluding carboxylic acids is 1. The molecule has 1 unspecified atom stereocenters. The Morgan fingerprint density at radius 3 is 2.19 bits per heavy atom. The van der Waals surface area contributed by atoms with Crippen LogP contribution in [-0.2, 0) is 14.8 Å². The smallest absolute Gasteiger partial charge is 0.265 e. The van der Waals surface area contributed by atoms with Crippen LogP contribution in [0.25, 0.3) is 0 Å². The number of aryl methyl sites for hydroxylation is 1. The van der Waals surface area contributed by atoms with Gasteiger partial charge in [-0.2, -0.15) is 0 Å². The van der Waals surface area contributed by atoms with E-state index in [2.05, 4.69) is 10.0 Å². The number of para-hydroxylation sites is 1. The van der Waals surface area contributed by atoms with Gasteiger partial charge in [0, 0.05) is 15.7 Å². The number of benzene rings is 3. The molecule has 0 aliphatic rings. The van der Waals surface area contributed by atoms with Crippen LogP contribution in [0.2, 0.25) is 10.0 Å². The van der Waals surface area contributed by atoms with Crippen molar-refractivity contribution >= 4 is 50.5 Å². The Kier molecular flexibility index (Phi) is 7.66. The molecule has 168 valence electrons. The average molecular weight is 493 g/mol. The predicted molar refractivity (Wildman–Crippen MR) is 128 cm³/mol. The van der Waals surface area contributed by atoms with E-state index in [0.717, 1.165) is 5.56 Å². The lowest BCUT2D eigenvalue weighted by Crippen LogP contribution is -2.32. The lowest BCUT2D eigenvalue weighted by Gasteiger charge is -2.18. The maximum absolute atomic E-state index is 12.7. The van der Waals surface area contributed by atoms with E-state index in [1.165, 1.54) is 42.5 Å². The topological polar surface area (TPSA) is 84.5 Å². The molecule has 0 aliphatic carbocycles. The van der Waals surface area contributed by atoms with E-state index in [1.54, 1.807) is 0 Å². The van der Waals surface area contributed by atoms with E-state index in [9.17, 15) is 13.2 Å². The molecule has 0 saturated carbocycles. The summed E-state index contributed by atoms with van der Waals surface area (Å²) >= 11 is 11.8. The van der Waals surface area contributed by atoms with E-state index < -0.39 is 16.1 Å². The van der Waals surface area contributed by atoms with Gasteiger partial charge >= 0.3 is 0 Å². The molecule has 0 spiro atoms. The summed E-state index contributed by atoms with van der Waals surface area (Å²) in [4.78, 5) is 12.7. The minimum atomic E-state index is -3.86. The van der Waals surface area contributed by atoms with Crippen LogP contribution in [0.4, 0.5) is 11.4 Å². The molecule has 0 bridgehead atoms. The highest BCUT2D eigenvalue weighted by Crippen LogP contribution is 2.25. The van der Waals surface area contributed by atoms with Crippen molar-refractivity contribution in [2.75, 3.05) is 10.0 Å². The van der Waals surface area contributed by atoms with Crippen LogP contribution in [0.1, 0.15) is 18.9 Å². The Labute approximate surface area is 197 Å². The fraction of sp³-hybridized carbons (Fsp3) is 0.174. The van der Waals surface area contributed by atoms with Gasteiger partial charge in [-0.05, 0) is 67.4 Å². The predicted octanol–water partition coefficient (Wildman–Crippen LogP) is 5.90. The monoisotopic (exact) mass is 492 g/mol. The van der Waals surface area contributed by atoms with Crippen molar-refractivity contribution in [1.29, 1.82) is 0 Å². The molecule has 0 fully saturated rings. The quantitative estimate of drug-likeness (QED) is 0.409. The molecule has 0 radical (unpaired) electrons. The van der Waals surface area contributed by atoms with Crippen LogP contribution in [0.15, 0.2) is 71.6 Å². The van der Waals surface area contributed by atoms with Crippen LogP contribution in [0.3, 0.4) is 0 Å². The second-order valence-corrected chi connectivity index (χ2v) is 9.61. The first-order chi connectivity index (χ1) is 15.2. The molecule has 1 amide bonds. The summed E-state index contributed by atoms with van der Waals surface area (Å²) < 4.78 is 33.6. The SMILES string of the molecule is CCC(Oc1ccccc1C)C(=O)Nc1ccc(S(=O)(=O)Nc2cc(Cl)cc(Cl)c2)cc1. The minimum absolute atomic E-state index is 0.0230. The Balaban J connectivity index is 1.69. The van der Waals surface area contributed by atoms with Gasteiger partial charge in [-0.3, -0.25) is 9.52 Å². The van der Waals surface area contributed by atoms with Crippen molar-refractivity contribution in [2.24, 2.45) is 0 Å². The normalized spacial score (nSPS) is 12.1. The highest BCUT2D eigenvalue weighted by molar-refractivity contribution is 7.92. The lowest BCUT2D eigenvalue weighted by atomic mass is 10.2. The highest BCUT2D eigenvalue weighted by atomic mass is 35.5. The van der Waals surface area contributed by atoms with Crippen molar-refractivity contribution in [3.05, 3.63) is 82.3 Å². The van der Waals surface area contributed by atoms with Gasteiger partial charge in [0.2, 0.25) is 0 Å². The molecule has 0 saturated heterocycles. The van der Waals surface area contributed by atoms with Gasteiger partial charge in [-0.1, -0.05) is 48.3 Å². The minimum Gasteiger partial charge on any atom is -0.480 e. The van der Waals surface area contributed by atoms with Gasteiger partial charge in [0.05, 0.1) is 10.6 Å². The molecular formula is C23H22Cl2N2O4S. The van der Waals surface area contributed by atoms with E-state index in [4.69, 9.17) is 27.9 Å². The summed E-state index contributed by atoms with van der Waals surface area (Å²) in [6.07, 6.45) is -0.215. The van der Waals surface area contributed by atoms with Gasteiger partial charge in [0.25, 0.3) is 15.9 Å². The number of hydrogen-bond donors (Lipinski definition) is 2. The molecule has 1 atom stereocenters. The maximum Gasteiger partial charge on any atom is 0.265 e. The van der Waals surface area contributed by atoms with Crippen molar-refractivity contribution in [3.8, 4) is 5.75 Å². The van der Waals surface area contributed by atoms with Crippen molar-refractivity contribution in [2.45, 2.75) is 31.3 Å². The molecular weight excluding hydrogens is 471 g/mol. The lowest BCUT2D eigenvalue weighted by molar-refractivity contribution is -0.122. The second kappa shape index (κ2) is 10.3. The second-order valence-electron chi connectivity index (χ2n) is 7.06. The Morgan fingerprint density at radius 2 is 1.59 bits per heavy atom. The molecule has 3 aromatic carbocycles. The third-order valence-corrected chi connectivity index (χ3v) is 6.41. The molecule has 0 aromatic heterocycles. The highest BCUT2D eigenvalue weighted by Gasteiger charge is 2.20. The fourth-order valence-corrected chi connectivity index (χ4v) is 4.50. The molecule has 32 heavy (non-hydrogen) atoms. The van der Waals surface area contributed by atoms with Gasteiger partial charge < -0.3 is 10.1 Å². The van der Waals surface area contributed by atoms with E-state index in [1.807, 2.05) is 38.1 Å². The number of halogens is 2. The Hall–Kier alpha value is -2.74. The van der Waals surface area contributed by atoms with Gasteiger partial charge in [-0.25, -0.2) is 8.42 Å². The number of amides is 1. The molecule has 0 heterocycles. The zero-order valence-electron chi connectivity index (χ0n) is 17.4. The maximum atomic E-state index is 12.7. The van der Waals surface area contributed by atoms with Crippen LogP contribution < -0.4 is 14.8 Å². The van der Waals surface area contributed by atoms with Crippen molar-refractivity contribution in [3.63, 3.8) is 0 Å². The van der Waals surface area contributed by atoms with Gasteiger partial charge in [0.15, 0.2) is 6.10 Å². The summed E-state index contributed by atoms with van der Waals surface area (Å²) in [5.74, 6) is 0.321. The zero-order valence-corrected chi connectivity index (χ0v) is 19.8. The molecule has 3 rings (SSSR count). The zero-order chi connectivity index (χ0) is 23.3. The summed E-state index contributed by atoms with van der Waals surface area (Å²) in [5.41, 5.74) is 1.63. The van der Waals surface area contributed by atoms with Crippen LogP contribution >= 0.6 is 23.2 Å². The Morgan fingerprint density at radius 1 is 0.969 bits per heavy atom. The fourth-order valence-electron chi connectivity index (χ4n) is 2.93. The molecule has 9 heteroatoms. The summed E-state index contributed by atoms with van der Waals surface area (Å²) in [7, 11) is -3.86. The third kappa shape index (κ3) is 6.16. The Bertz CT molecular complexity index is 1190. The molecule has 2 N–H and O–H groups in total. The van der Waals surface area contributed by atoms with Crippen molar-refractivity contribution in [1.82, 2.24) is 0 Å².